The van der Waals surface area contributed by atoms with Crippen molar-refractivity contribution >= 4 is 5.91 Å². The van der Waals surface area contributed by atoms with Crippen LogP contribution in [0, 0.1) is 0 Å². The van der Waals surface area contributed by atoms with E-state index in [-0.39, 0.29) is 0 Å². The van der Waals surface area contributed by atoms with E-state index in [1.807, 2.05) is 0 Å². The number of aliphatic hydroxyl groups is 1. The molecule has 0 aliphatic heterocycles. The molecule has 0 aliphatic rings. The number of hydrogen-bond acceptors (Lipinski definition) is 4. The number of amides is 1. The van der Waals surface area contributed by atoms with Gasteiger partial charge in [-0.1, -0.05) is 0 Å². The van der Waals surface area contributed by atoms with Gasteiger partial charge >= 0.3 is 0 Å². The monoisotopic (exact) mass is 134 g/mol. The van der Waals surface area contributed by atoms with E-state index in [4.69, 9.17) is 16.0 Å². The number of carbonyl (C=O) groups excluding carboxylic acids is 1. The molecule has 0 aromatic heterocycles. The lowest BCUT2D eigenvalue weighted by molar-refractivity contribution is -0.132. The molecular weight excluding hydrogens is 124 g/mol. The number of hydrogen-bond donors (Lipinski definition) is 4. The van der Waals surface area contributed by atoms with Crippen molar-refractivity contribution in [1.29, 1.82) is 0 Å². The predicted molar refractivity (Wildman–Crippen MR) is 29.6 cm³/mol. The van der Waals surface area contributed by atoms with Crippen LogP contribution in [0.5, 0.6) is 0 Å². The summed E-state index contributed by atoms with van der Waals surface area (Å²) in [5, 5.41) is 16.6. The SMILES string of the molecule is CC(O)C(N)C(=O)NO. The van der Waals surface area contributed by atoms with Gasteiger partial charge in [-0.05, 0) is 6.92 Å². The van der Waals surface area contributed by atoms with Gasteiger partial charge in [0, 0.05) is 0 Å². The maximum absolute atomic E-state index is 10.3. The average Bonchev–Trinajstić information content (AvgIpc) is 1.84. The van der Waals surface area contributed by atoms with E-state index in [9.17, 15) is 4.79 Å². The second kappa shape index (κ2) is 3.39. The molecule has 0 aliphatic carbocycles. The fourth-order valence-corrected chi connectivity index (χ4v) is 0.294. The highest BCUT2D eigenvalue weighted by Gasteiger charge is 2.17. The fraction of sp³-hybridized carbons (Fsp3) is 0.750. The molecule has 0 radical (unpaired) electrons. The standard InChI is InChI=1S/C4H10N2O3/c1-2(7)3(5)4(8)6-9/h2-3,7,9H,5H2,1H3,(H,6,8). The summed E-state index contributed by atoms with van der Waals surface area (Å²) in [6, 6.07) is -1.06. The summed E-state index contributed by atoms with van der Waals surface area (Å²) in [6.45, 7) is 1.36. The number of aliphatic hydroxyl groups excluding tert-OH is 1. The van der Waals surface area contributed by atoms with Crippen molar-refractivity contribution in [3.05, 3.63) is 0 Å². The third-order valence-corrected chi connectivity index (χ3v) is 0.933. The summed E-state index contributed by atoms with van der Waals surface area (Å²) in [5.74, 6) is -0.787. The average molecular weight is 134 g/mol. The van der Waals surface area contributed by atoms with Crippen molar-refractivity contribution in [2.24, 2.45) is 5.73 Å². The van der Waals surface area contributed by atoms with Crippen LogP contribution in [0.3, 0.4) is 0 Å². The first-order valence-electron chi connectivity index (χ1n) is 2.47. The van der Waals surface area contributed by atoms with Crippen LogP contribution in [0.2, 0.25) is 0 Å². The third-order valence-electron chi connectivity index (χ3n) is 0.933. The lowest BCUT2D eigenvalue weighted by Gasteiger charge is -2.10. The Bertz CT molecular complexity index is 104. The Labute approximate surface area is 52.4 Å². The number of nitrogens with one attached hydrogen (secondary N) is 1. The lowest BCUT2D eigenvalue weighted by atomic mass is 10.2. The van der Waals surface area contributed by atoms with E-state index in [0.717, 1.165) is 0 Å². The largest absolute Gasteiger partial charge is 0.391 e. The van der Waals surface area contributed by atoms with Crippen molar-refractivity contribution < 1.29 is 15.1 Å². The first kappa shape index (κ1) is 8.35. The highest BCUT2D eigenvalue weighted by molar-refractivity contribution is 5.80. The summed E-state index contributed by atoms with van der Waals surface area (Å²) in [4.78, 5) is 10.3. The molecule has 0 fully saturated rings. The Hall–Kier alpha value is -0.650. The quantitative estimate of drug-likeness (QED) is 0.264. The zero-order chi connectivity index (χ0) is 7.44. The Morgan fingerprint density at radius 2 is 2.22 bits per heavy atom. The molecule has 5 nitrogen and oxygen atoms in total. The molecule has 0 saturated carbocycles. The van der Waals surface area contributed by atoms with Crippen LogP contribution in [-0.4, -0.2) is 28.4 Å². The van der Waals surface area contributed by atoms with E-state index >= 15 is 0 Å². The molecule has 1 amide bonds. The van der Waals surface area contributed by atoms with Gasteiger partial charge in [-0.15, -0.1) is 0 Å². The number of nitrogens with two attached hydrogens (primary N) is 1. The van der Waals surface area contributed by atoms with Gasteiger partial charge in [0.15, 0.2) is 0 Å². The van der Waals surface area contributed by atoms with Crippen LogP contribution in [0.4, 0.5) is 0 Å². The highest BCUT2D eigenvalue weighted by atomic mass is 16.5. The summed E-state index contributed by atoms with van der Waals surface area (Å²) < 4.78 is 0. The summed E-state index contributed by atoms with van der Waals surface area (Å²) >= 11 is 0. The van der Waals surface area contributed by atoms with Gasteiger partial charge in [0.2, 0.25) is 0 Å². The van der Waals surface area contributed by atoms with E-state index < -0.39 is 18.1 Å². The minimum atomic E-state index is -1.06. The molecule has 0 rings (SSSR count). The molecule has 5 heteroatoms. The van der Waals surface area contributed by atoms with Gasteiger partial charge in [-0.3, -0.25) is 10.0 Å². The number of carbonyl (C=O) groups is 1. The first-order chi connectivity index (χ1) is 4.09. The molecular formula is C4H10N2O3. The van der Waals surface area contributed by atoms with Crippen LogP contribution in [0.25, 0.3) is 0 Å². The van der Waals surface area contributed by atoms with E-state index in [0.29, 0.717) is 0 Å². The van der Waals surface area contributed by atoms with Gasteiger partial charge < -0.3 is 10.8 Å². The molecule has 5 N–H and O–H groups in total. The molecule has 54 valence electrons. The second-order valence-corrected chi connectivity index (χ2v) is 1.74. The Kier molecular flexibility index (Phi) is 3.15. The molecule has 0 spiro atoms. The van der Waals surface area contributed by atoms with Gasteiger partial charge in [0.05, 0.1) is 6.10 Å². The van der Waals surface area contributed by atoms with Crippen molar-refractivity contribution in [1.82, 2.24) is 5.48 Å². The van der Waals surface area contributed by atoms with Crippen molar-refractivity contribution in [2.45, 2.75) is 19.1 Å². The predicted octanol–water partition coefficient (Wildman–Crippen LogP) is -1.80. The third kappa shape index (κ3) is 2.41. The van der Waals surface area contributed by atoms with Crippen LogP contribution < -0.4 is 11.2 Å². The molecule has 2 unspecified atom stereocenters. The maximum atomic E-state index is 10.3. The molecule has 2 atom stereocenters. The molecule has 0 bridgehead atoms. The highest BCUT2D eigenvalue weighted by Crippen LogP contribution is 1.86. The van der Waals surface area contributed by atoms with Crippen molar-refractivity contribution in [2.75, 3.05) is 0 Å². The van der Waals surface area contributed by atoms with Gasteiger partial charge in [-0.25, -0.2) is 5.48 Å². The summed E-state index contributed by atoms with van der Waals surface area (Å²) in [7, 11) is 0. The topological polar surface area (TPSA) is 95.6 Å². The lowest BCUT2D eigenvalue weighted by Crippen LogP contribution is -2.46. The molecule has 0 aromatic carbocycles. The van der Waals surface area contributed by atoms with E-state index in [1.54, 1.807) is 0 Å². The van der Waals surface area contributed by atoms with Gasteiger partial charge in [0.1, 0.15) is 6.04 Å². The first-order valence-corrected chi connectivity index (χ1v) is 2.47. The van der Waals surface area contributed by atoms with Crippen molar-refractivity contribution in [3.63, 3.8) is 0 Å². The zero-order valence-electron chi connectivity index (χ0n) is 5.03. The minimum absolute atomic E-state index is 0.787. The second-order valence-electron chi connectivity index (χ2n) is 1.74. The van der Waals surface area contributed by atoms with Gasteiger partial charge in [0.25, 0.3) is 5.91 Å². The molecule has 0 heterocycles. The number of rotatable bonds is 2. The fourth-order valence-electron chi connectivity index (χ4n) is 0.294. The van der Waals surface area contributed by atoms with Crippen molar-refractivity contribution in [3.8, 4) is 0 Å². The smallest absolute Gasteiger partial charge is 0.262 e. The minimum Gasteiger partial charge on any atom is -0.391 e. The summed E-state index contributed by atoms with van der Waals surface area (Å²) in [5.41, 5.74) is 6.37. The van der Waals surface area contributed by atoms with E-state index in [2.05, 4.69) is 0 Å². The maximum Gasteiger partial charge on any atom is 0.262 e. The Morgan fingerprint density at radius 3 is 2.33 bits per heavy atom. The van der Waals surface area contributed by atoms with E-state index in [1.165, 1.54) is 12.4 Å². The van der Waals surface area contributed by atoms with Crippen LogP contribution >= 0.6 is 0 Å². The van der Waals surface area contributed by atoms with Crippen LogP contribution in [0.15, 0.2) is 0 Å². The number of hydroxylamine groups is 1. The molecule has 9 heavy (non-hydrogen) atoms. The Morgan fingerprint density at radius 1 is 1.78 bits per heavy atom. The molecule has 0 saturated heterocycles. The zero-order valence-corrected chi connectivity index (χ0v) is 5.03. The normalized spacial score (nSPS) is 16.4. The molecule has 0 aromatic rings. The van der Waals surface area contributed by atoms with Gasteiger partial charge in [-0.2, -0.15) is 0 Å². The van der Waals surface area contributed by atoms with Crippen LogP contribution in [0.1, 0.15) is 6.92 Å². The Balaban J connectivity index is 3.72. The summed E-state index contributed by atoms with van der Waals surface area (Å²) in [6.07, 6.45) is -0.947. The van der Waals surface area contributed by atoms with Crippen LogP contribution in [-0.2, 0) is 4.79 Å².